The fourth-order valence-electron chi connectivity index (χ4n) is 3.29. The topological polar surface area (TPSA) is 54.0 Å². The van der Waals surface area contributed by atoms with Gasteiger partial charge >= 0.3 is 0 Å². The molecule has 1 heterocycles. The number of anilines is 2. The summed E-state index contributed by atoms with van der Waals surface area (Å²) in [7, 11) is 0. The zero-order valence-corrected chi connectivity index (χ0v) is 15.1. The van der Waals surface area contributed by atoms with Gasteiger partial charge in [0.2, 0.25) is 0 Å². The minimum atomic E-state index is -0.177. The minimum absolute atomic E-state index is 0.177. The largest absolute Gasteiger partial charge is 0.381 e. The molecular weight excluding hydrogens is 310 g/mol. The predicted octanol–water partition coefficient (Wildman–Crippen LogP) is 5.09. The SMILES string of the molecule is Cc1ccc(NC(=O)c2ccc(NC3CCCCCC3)cn2)cc1C. The Hall–Kier alpha value is -2.36. The molecular formula is C21H27N3O. The molecule has 1 aliphatic carbocycles. The second kappa shape index (κ2) is 8.15. The second-order valence-corrected chi connectivity index (χ2v) is 7.02. The first-order chi connectivity index (χ1) is 12.1. The molecule has 1 amide bonds. The van der Waals surface area contributed by atoms with Crippen molar-refractivity contribution in [3.63, 3.8) is 0 Å². The standard InChI is InChI=1S/C21H27N3O/c1-15-9-10-18(13-16(15)2)24-21(25)20-12-11-19(14-22-20)23-17-7-5-3-4-6-8-17/h9-14,17,23H,3-8H2,1-2H3,(H,24,25). The van der Waals surface area contributed by atoms with Crippen LogP contribution in [0.5, 0.6) is 0 Å². The highest BCUT2D eigenvalue weighted by molar-refractivity contribution is 6.03. The van der Waals surface area contributed by atoms with E-state index in [0.29, 0.717) is 11.7 Å². The molecule has 2 N–H and O–H groups in total. The number of carbonyl (C=O) groups is 1. The lowest BCUT2D eigenvalue weighted by atomic mass is 10.1. The molecule has 0 saturated heterocycles. The van der Waals surface area contributed by atoms with E-state index in [1.165, 1.54) is 44.1 Å². The van der Waals surface area contributed by atoms with E-state index in [0.717, 1.165) is 16.9 Å². The highest BCUT2D eigenvalue weighted by atomic mass is 16.1. The summed E-state index contributed by atoms with van der Waals surface area (Å²) in [6, 6.07) is 10.2. The van der Waals surface area contributed by atoms with E-state index in [2.05, 4.69) is 22.5 Å². The van der Waals surface area contributed by atoms with Crippen LogP contribution < -0.4 is 10.6 Å². The number of hydrogen-bond donors (Lipinski definition) is 2. The number of aromatic nitrogens is 1. The van der Waals surface area contributed by atoms with Crippen molar-refractivity contribution in [1.29, 1.82) is 0 Å². The summed E-state index contributed by atoms with van der Waals surface area (Å²) < 4.78 is 0. The normalized spacial score (nSPS) is 15.4. The van der Waals surface area contributed by atoms with Crippen LogP contribution in [0.4, 0.5) is 11.4 Å². The van der Waals surface area contributed by atoms with Crippen LogP contribution in [-0.2, 0) is 0 Å². The Morgan fingerprint density at radius 1 is 0.960 bits per heavy atom. The van der Waals surface area contributed by atoms with Crippen molar-refractivity contribution in [1.82, 2.24) is 4.98 Å². The molecule has 4 nitrogen and oxygen atoms in total. The number of benzene rings is 1. The summed E-state index contributed by atoms with van der Waals surface area (Å²) in [6.45, 7) is 4.10. The molecule has 1 aliphatic rings. The molecule has 25 heavy (non-hydrogen) atoms. The Morgan fingerprint density at radius 3 is 2.32 bits per heavy atom. The molecule has 0 aliphatic heterocycles. The van der Waals surface area contributed by atoms with Crippen molar-refractivity contribution >= 4 is 17.3 Å². The zero-order chi connectivity index (χ0) is 17.6. The molecule has 132 valence electrons. The van der Waals surface area contributed by atoms with Crippen LogP contribution in [0, 0.1) is 13.8 Å². The Kier molecular flexibility index (Phi) is 5.69. The summed E-state index contributed by atoms with van der Waals surface area (Å²) in [5, 5.41) is 6.47. The molecule has 0 bridgehead atoms. The van der Waals surface area contributed by atoms with Gasteiger partial charge in [-0.1, -0.05) is 31.7 Å². The lowest BCUT2D eigenvalue weighted by Gasteiger charge is -2.17. The average molecular weight is 337 g/mol. The summed E-state index contributed by atoms with van der Waals surface area (Å²) in [5.41, 5.74) is 4.61. The Balaban J connectivity index is 1.60. The van der Waals surface area contributed by atoms with E-state index in [-0.39, 0.29) is 5.91 Å². The van der Waals surface area contributed by atoms with E-state index in [1.54, 1.807) is 12.3 Å². The van der Waals surface area contributed by atoms with Crippen LogP contribution in [0.15, 0.2) is 36.5 Å². The van der Waals surface area contributed by atoms with Gasteiger partial charge in [0.05, 0.1) is 11.9 Å². The third-order valence-electron chi connectivity index (χ3n) is 4.99. The fourth-order valence-corrected chi connectivity index (χ4v) is 3.29. The van der Waals surface area contributed by atoms with E-state index < -0.39 is 0 Å². The monoisotopic (exact) mass is 337 g/mol. The van der Waals surface area contributed by atoms with E-state index in [9.17, 15) is 4.79 Å². The van der Waals surface area contributed by atoms with E-state index >= 15 is 0 Å². The molecule has 0 atom stereocenters. The quantitative estimate of drug-likeness (QED) is 0.765. The maximum absolute atomic E-state index is 12.4. The van der Waals surface area contributed by atoms with Gasteiger partial charge in [-0.05, 0) is 62.1 Å². The van der Waals surface area contributed by atoms with Crippen molar-refractivity contribution in [3.05, 3.63) is 53.3 Å². The first-order valence-corrected chi connectivity index (χ1v) is 9.23. The molecule has 1 aromatic heterocycles. The third-order valence-corrected chi connectivity index (χ3v) is 4.99. The van der Waals surface area contributed by atoms with Gasteiger partial charge in [-0.3, -0.25) is 4.79 Å². The van der Waals surface area contributed by atoms with Gasteiger partial charge in [0.15, 0.2) is 0 Å². The molecule has 0 spiro atoms. The highest BCUT2D eigenvalue weighted by Crippen LogP contribution is 2.21. The van der Waals surface area contributed by atoms with Crippen molar-refractivity contribution in [2.45, 2.75) is 58.4 Å². The van der Waals surface area contributed by atoms with Crippen LogP contribution in [0.1, 0.15) is 60.1 Å². The number of pyridine rings is 1. The predicted molar refractivity (Wildman–Crippen MR) is 103 cm³/mol. The van der Waals surface area contributed by atoms with Crippen LogP contribution in [0.25, 0.3) is 0 Å². The Morgan fingerprint density at radius 2 is 1.68 bits per heavy atom. The molecule has 4 heteroatoms. The molecule has 1 saturated carbocycles. The van der Waals surface area contributed by atoms with Crippen molar-refractivity contribution < 1.29 is 4.79 Å². The van der Waals surface area contributed by atoms with Gasteiger partial charge < -0.3 is 10.6 Å². The summed E-state index contributed by atoms with van der Waals surface area (Å²) in [4.78, 5) is 16.7. The second-order valence-electron chi connectivity index (χ2n) is 7.02. The summed E-state index contributed by atoms with van der Waals surface area (Å²) in [5.74, 6) is -0.177. The molecule has 1 aromatic carbocycles. The van der Waals surface area contributed by atoms with Crippen LogP contribution >= 0.6 is 0 Å². The lowest BCUT2D eigenvalue weighted by Crippen LogP contribution is -2.19. The number of aryl methyl sites for hydroxylation is 2. The van der Waals surface area contributed by atoms with Crippen LogP contribution in [0.3, 0.4) is 0 Å². The molecule has 0 radical (unpaired) electrons. The van der Waals surface area contributed by atoms with E-state index in [4.69, 9.17) is 0 Å². The smallest absolute Gasteiger partial charge is 0.274 e. The highest BCUT2D eigenvalue weighted by Gasteiger charge is 2.13. The van der Waals surface area contributed by atoms with Crippen LogP contribution in [-0.4, -0.2) is 16.9 Å². The first-order valence-electron chi connectivity index (χ1n) is 9.23. The Labute approximate surface area is 150 Å². The molecule has 3 rings (SSSR count). The average Bonchev–Trinajstić information content (AvgIpc) is 2.87. The van der Waals surface area contributed by atoms with Crippen molar-refractivity contribution in [2.75, 3.05) is 10.6 Å². The minimum Gasteiger partial charge on any atom is -0.381 e. The number of nitrogens with zero attached hydrogens (tertiary/aromatic N) is 1. The maximum atomic E-state index is 12.4. The molecule has 0 unspecified atom stereocenters. The van der Waals surface area contributed by atoms with Gasteiger partial charge in [0, 0.05) is 11.7 Å². The van der Waals surface area contributed by atoms with E-state index in [1.807, 2.05) is 31.2 Å². The van der Waals surface area contributed by atoms with Crippen molar-refractivity contribution in [3.8, 4) is 0 Å². The maximum Gasteiger partial charge on any atom is 0.274 e. The van der Waals surface area contributed by atoms with Crippen molar-refractivity contribution in [2.24, 2.45) is 0 Å². The molecule has 1 fully saturated rings. The third kappa shape index (κ3) is 4.81. The lowest BCUT2D eigenvalue weighted by molar-refractivity contribution is 0.102. The van der Waals surface area contributed by atoms with Gasteiger partial charge in [-0.2, -0.15) is 0 Å². The zero-order valence-electron chi connectivity index (χ0n) is 15.1. The van der Waals surface area contributed by atoms with Gasteiger partial charge in [-0.15, -0.1) is 0 Å². The molecule has 2 aromatic rings. The number of nitrogens with one attached hydrogen (secondary N) is 2. The number of amides is 1. The number of rotatable bonds is 4. The fraction of sp³-hybridized carbons (Fsp3) is 0.429. The number of carbonyl (C=O) groups excluding carboxylic acids is 1. The van der Waals surface area contributed by atoms with Gasteiger partial charge in [0.1, 0.15) is 5.69 Å². The summed E-state index contributed by atoms with van der Waals surface area (Å²) in [6.07, 6.45) is 9.47. The number of hydrogen-bond acceptors (Lipinski definition) is 3. The Bertz CT molecular complexity index is 716. The first kappa shape index (κ1) is 17.5. The summed E-state index contributed by atoms with van der Waals surface area (Å²) >= 11 is 0. The van der Waals surface area contributed by atoms with Gasteiger partial charge in [0.25, 0.3) is 5.91 Å². The van der Waals surface area contributed by atoms with Gasteiger partial charge in [-0.25, -0.2) is 4.98 Å². The van der Waals surface area contributed by atoms with Crippen LogP contribution in [0.2, 0.25) is 0 Å².